The van der Waals surface area contributed by atoms with E-state index < -0.39 is 59.9 Å². The largest absolute Gasteiger partial charge is 0.497 e. The van der Waals surface area contributed by atoms with E-state index in [9.17, 15) is 26.7 Å². The van der Waals surface area contributed by atoms with Crippen LogP contribution in [0.15, 0.2) is 42.6 Å². The first-order valence-corrected chi connectivity index (χ1v) is 10.7. The molecule has 3 aromatic rings. The molecule has 0 aliphatic carbocycles. The topological polar surface area (TPSA) is 54.9 Å². The van der Waals surface area contributed by atoms with E-state index in [4.69, 9.17) is 8.85 Å². The molecule has 4 rings (SSSR count). The minimum atomic E-state index is -3.39. The summed E-state index contributed by atoms with van der Waals surface area (Å²) in [6.07, 6.45) is 1.07. The van der Waals surface area contributed by atoms with Gasteiger partial charge in [0, 0.05) is 36.7 Å². The predicted molar refractivity (Wildman–Crippen MR) is 122 cm³/mol. The maximum atomic E-state index is 15.0. The summed E-state index contributed by atoms with van der Waals surface area (Å²) in [6, 6.07) is 5.29. The van der Waals surface area contributed by atoms with Crippen molar-refractivity contribution in [2.75, 3.05) is 30.5 Å². The molecule has 0 atom stereocenters. The summed E-state index contributed by atoms with van der Waals surface area (Å²) < 4.78 is 104. The number of carbonyl (C=O) groups excluding carboxylic acids is 1. The fourth-order valence-electron chi connectivity index (χ4n) is 4.02. The fraction of sp³-hybridized carbons (Fsp3) is 0.280. The molecule has 0 fully saturated rings. The van der Waals surface area contributed by atoms with E-state index in [1.165, 1.54) is 12.1 Å². The second-order valence-corrected chi connectivity index (χ2v) is 8.11. The van der Waals surface area contributed by atoms with E-state index in [1.54, 1.807) is 0 Å². The third kappa shape index (κ3) is 4.65. The van der Waals surface area contributed by atoms with E-state index in [0.29, 0.717) is 19.1 Å². The van der Waals surface area contributed by atoms with Crippen LogP contribution in [0.25, 0.3) is 0 Å². The Hall–Kier alpha value is -3.89. The molecule has 1 aromatic heterocycles. The lowest BCUT2D eigenvalue weighted by Gasteiger charge is -2.29. The van der Waals surface area contributed by atoms with Crippen molar-refractivity contribution in [3.05, 3.63) is 76.7 Å². The normalized spacial score (nSPS) is 15.5. The van der Waals surface area contributed by atoms with Crippen molar-refractivity contribution in [3.8, 4) is 11.6 Å². The highest BCUT2D eigenvalue weighted by Gasteiger charge is 2.35. The minimum absolute atomic E-state index is 0.0200. The molecular formula is C25H22F5N3O3. The van der Waals surface area contributed by atoms with Crippen LogP contribution < -0.4 is 19.3 Å². The molecule has 0 spiro atoms. The number of pyridine rings is 1. The minimum Gasteiger partial charge on any atom is -0.497 e. The Bertz CT molecular complexity index is 1390. The number of fused-ring (bicyclic) bond motifs is 1. The van der Waals surface area contributed by atoms with Gasteiger partial charge in [-0.15, -0.1) is 0 Å². The summed E-state index contributed by atoms with van der Waals surface area (Å²) in [5.41, 5.74) is -1.22. The Morgan fingerprint density at radius 1 is 1.11 bits per heavy atom. The van der Waals surface area contributed by atoms with E-state index in [2.05, 4.69) is 9.72 Å². The number of alkyl halides is 2. The smallest absolute Gasteiger partial charge is 0.329 e. The molecule has 2 amide bonds. The van der Waals surface area contributed by atoms with E-state index in [1.807, 2.05) is 0 Å². The quantitative estimate of drug-likeness (QED) is 0.393. The average Bonchev–Trinajstić information content (AvgIpc) is 2.96. The maximum absolute atomic E-state index is 15.0. The van der Waals surface area contributed by atoms with Crippen molar-refractivity contribution in [2.45, 2.75) is 25.8 Å². The van der Waals surface area contributed by atoms with Crippen LogP contribution in [0.2, 0.25) is 0 Å². The summed E-state index contributed by atoms with van der Waals surface area (Å²) in [5, 5.41) is 0. The van der Waals surface area contributed by atoms with Gasteiger partial charge in [0.05, 0.1) is 47.9 Å². The molecule has 6 nitrogen and oxygen atoms in total. The van der Waals surface area contributed by atoms with Gasteiger partial charge < -0.3 is 9.47 Å². The summed E-state index contributed by atoms with van der Waals surface area (Å²) in [4.78, 5) is 19.6. The SMILES string of the molecule is [2H]C([2H])([2H])Oc1cc(F)c(CN2C(=O)N(c3cnc(OC)c(C(C)(F)F)c3)CCc3c(F)cccc32)c(F)c1. The molecule has 36 heavy (non-hydrogen) atoms. The molecule has 0 bridgehead atoms. The summed E-state index contributed by atoms with van der Waals surface area (Å²) in [5.74, 6) is -7.44. The lowest BCUT2D eigenvalue weighted by atomic mass is 10.1. The van der Waals surface area contributed by atoms with Crippen molar-refractivity contribution in [3.63, 3.8) is 0 Å². The molecule has 190 valence electrons. The Labute approximate surface area is 208 Å². The molecule has 0 radical (unpaired) electrons. The number of carbonyl (C=O) groups is 1. The third-order valence-corrected chi connectivity index (χ3v) is 5.80. The predicted octanol–water partition coefficient (Wildman–Crippen LogP) is 5.82. The summed E-state index contributed by atoms with van der Waals surface area (Å²) >= 11 is 0. The van der Waals surface area contributed by atoms with Crippen LogP contribution in [0.5, 0.6) is 11.6 Å². The number of amides is 2. The van der Waals surface area contributed by atoms with Gasteiger partial charge in [0.2, 0.25) is 5.88 Å². The molecule has 2 heterocycles. The number of hydrogen-bond acceptors (Lipinski definition) is 4. The number of benzene rings is 2. The van der Waals surface area contributed by atoms with Crippen LogP contribution in [0.3, 0.4) is 0 Å². The van der Waals surface area contributed by atoms with Gasteiger partial charge in [-0.1, -0.05) is 6.07 Å². The van der Waals surface area contributed by atoms with E-state index in [0.717, 1.165) is 35.2 Å². The first-order chi connectivity index (χ1) is 18.2. The van der Waals surface area contributed by atoms with Gasteiger partial charge in [-0.25, -0.2) is 31.7 Å². The summed E-state index contributed by atoms with van der Waals surface area (Å²) in [7, 11) is -1.80. The highest BCUT2D eigenvalue weighted by molar-refractivity contribution is 6.04. The Kier molecular flexibility index (Phi) is 5.73. The van der Waals surface area contributed by atoms with Crippen LogP contribution >= 0.6 is 0 Å². The van der Waals surface area contributed by atoms with Crippen molar-refractivity contribution in [1.29, 1.82) is 0 Å². The number of nitrogens with zero attached hydrogens (tertiary/aromatic N) is 3. The Morgan fingerprint density at radius 3 is 2.47 bits per heavy atom. The average molecular weight is 510 g/mol. The molecule has 1 aliphatic heterocycles. The van der Waals surface area contributed by atoms with Crippen molar-refractivity contribution in [1.82, 2.24) is 4.98 Å². The van der Waals surface area contributed by atoms with Crippen molar-refractivity contribution in [2.24, 2.45) is 0 Å². The molecule has 0 saturated heterocycles. The van der Waals surface area contributed by atoms with Gasteiger partial charge in [-0.05, 0) is 24.6 Å². The zero-order valence-electron chi connectivity index (χ0n) is 22.1. The molecule has 0 unspecified atom stereocenters. The van der Waals surface area contributed by atoms with Crippen LogP contribution in [0.4, 0.5) is 38.1 Å². The van der Waals surface area contributed by atoms with Gasteiger partial charge in [-0.2, -0.15) is 0 Å². The zero-order valence-corrected chi connectivity index (χ0v) is 19.1. The first-order valence-electron chi connectivity index (χ1n) is 12.2. The van der Waals surface area contributed by atoms with E-state index >= 15 is 0 Å². The number of rotatable bonds is 6. The Morgan fingerprint density at radius 2 is 1.83 bits per heavy atom. The van der Waals surface area contributed by atoms with Crippen molar-refractivity contribution >= 4 is 17.4 Å². The molecule has 2 aromatic carbocycles. The van der Waals surface area contributed by atoms with Gasteiger partial charge in [-0.3, -0.25) is 9.80 Å². The van der Waals surface area contributed by atoms with Crippen LogP contribution in [-0.2, 0) is 18.9 Å². The number of urea groups is 1. The van der Waals surface area contributed by atoms with Crippen molar-refractivity contribution < 1.29 is 40.3 Å². The van der Waals surface area contributed by atoms with Gasteiger partial charge in [0.15, 0.2) is 0 Å². The lowest BCUT2D eigenvalue weighted by molar-refractivity contribution is 0.0145. The molecule has 1 aliphatic rings. The number of anilines is 2. The van der Waals surface area contributed by atoms with E-state index in [-0.39, 0.29) is 35.8 Å². The van der Waals surface area contributed by atoms with Gasteiger partial charge in [0.1, 0.15) is 23.2 Å². The highest BCUT2D eigenvalue weighted by Crippen LogP contribution is 2.37. The number of hydrogen-bond donors (Lipinski definition) is 0. The Balaban J connectivity index is 1.79. The van der Waals surface area contributed by atoms with Gasteiger partial charge >= 0.3 is 6.03 Å². The molecule has 0 saturated carbocycles. The number of halogens is 5. The maximum Gasteiger partial charge on any atom is 0.329 e. The number of aromatic nitrogens is 1. The van der Waals surface area contributed by atoms with Crippen LogP contribution in [0, 0.1) is 17.5 Å². The highest BCUT2D eigenvalue weighted by atomic mass is 19.3. The third-order valence-electron chi connectivity index (χ3n) is 5.80. The summed E-state index contributed by atoms with van der Waals surface area (Å²) in [6.45, 7) is -0.274. The fourth-order valence-corrected chi connectivity index (χ4v) is 4.02. The monoisotopic (exact) mass is 510 g/mol. The van der Waals surface area contributed by atoms with Crippen LogP contribution in [0.1, 0.15) is 27.7 Å². The second-order valence-electron chi connectivity index (χ2n) is 8.11. The zero-order chi connectivity index (χ0) is 28.7. The van der Waals surface area contributed by atoms with Gasteiger partial charge in [0.25, 0.3) is 5.92 Å². The molecule has 11 heteroatoms. The lowest BCUT2D eigenvalue weighted by Crippen LogP contribution is -2.43. The molecular weight excluding hydrogens is 485 g/mol. The molecule has 0 N–H and O–H groups in total. The number of ether oxygens (including phenoxy) is 2. The standard InChI is InChI=1S/C25H22F5N3O3/c1-25(29,30)18-9-14(12-31-23(18)36-3)32-8-7-16-19(26)5-4-6-22(16)33(24(32)34)13-17-20(27)10-15(35-2)11-21(17)28/h4-6,9-12H,7-8,13H2,1-3H3/i2D3. The van der Waals surface area contributed by atoms with Crippen LogP contribution in [-0.4, -0.2) is 31.7 Å². The number of methoxy groups -OCH3 is 2. The second kappa shape index (κ2) is 9.63. The first kappa shape index (κ1) is 21.4.